The fourth-order valence-corrected chi connectivity index (χ4v) is 3.39. The molecule has 3 heterocycles. The second-order valence-electron chi connectivity index (χ2n) is 6.39. The molecule has 0 aliphatic carbocycles. The SMILES string of the molecule is CNc1nc(-n2ccnc2)nc(-c2ccc3c(c2)OCO3)c1-c1ccc(Cl)cc1.Cl. The van der Waals surface area contributed by atoms with Gasteiger partial charge in [0.15, 0.2) is 11.5 Å². The summed E-state index contributed by atoms with van der Waals surface area (Å²) in [4.78, 5) is 13.7. The van der Waals surface area contributed by atoms with Crippen molar-refractivity contribution in [2.75, 3.05) is 19.2 Å². The molecule has 7 nitrogen and oxygen atoms in total. The van der Waals surface area contributed by atoms with Gasteiger partial charge in [-0.3, -0.25) is 4.57 Å². The van der Waals surface area contributed by atoms with Crippen molar-refractivity contribution in [3.63, 3.8) is 0 Å². The van der Waals surface area contributed by atoms with Crippen LogP contribution in [0.25, 0.3) is 28.3 Å². The molecule has 4 aromatic rings. The van der Waals surface area contributed by atoms with Crippen LogP contribution in [0.3, 0.4) is 0 Å². The Morgan fingerprint density at radius 2 is 1.77 bits per heavy atom. The molecule has 1 N–H and O–H groups in total. The lowest BCUT2D eigenvalue weighted by molar-refractivity contribution is 0.174. The summed E-state index contributed by atoms with van der Waals surface area (Å²) < 4.78 is 12.8. The number of rotatable bonds is 4. The van der Waals surface area contributed by atoms with E-state index in [9.17, 15) is 0 Å². The summed E-state index contributed by atoms with van der Waals surface area (Å²) in [6.07, 6.45) is 5.16. The first-order valence-corrected chi connectivity index (χ1v) is 9.35. The molecule has 1 aliphatic heterocycles. The Morgan fingerprint density at radius 3 is 2.50 bits per heavy atom. The van der Waals surface area contributed by atoms with E-state index in [1.165, 1.54) is 0 Å². The molecule has 30 heavy (non-hydrogen) atoms. The van der Waals surface area contributed by atoms with Gasteiger partial charge in [-0.05, 0) is 35.9 Å². The first-order chi connectivity index (χ1) is 14.2. The number of aromatic nitrogens is 4. The first kappa shape index (κ1) is 20.0. The minimum absolute atomic E-state index is 0. The van der Waals surface area contributed by atoms with Gasteiger partial charge in [0.1, 0.15) is 12.1 Å². The normalized spacial score (nSPS) is 11.8. The number of imidazole rings is 1. The highest BCUT2D eigenvalue weighted by atomic mass is 35.5. The van der Waals surface area contributed by atoms with E-state index in [1.54, 1.807) is 23.3 Å². The monoisotopic (exact) mass is 441 g/mol. The van der Waals surface area contributed by atoms with Crippen molar-refractivity contribution in [1.82, 2.24) is 19.5 Å². The number of halogens is 2. The highest BCUT2D eigenvalue weighted by Gasteiger charge is 2.21. The maximum atomic E-state index is 6.10. The van der Waals surface area contributed by atoms with Gasteiger partial charge in [0.05, 0.1) is 11.3 Å². The van der Waals surface area contributed by atoms with Gasteiger partial charge < -0.3 is 14.8 Å². The van der Waals surface area contributed by atoms with Crippen molar-refractivity contribution < 1.29 is 9.47 Å². The van der Waals surface area contributed by atoms with Gasteiger partial charge >= 0.3 is 0 Å². The molecule has 5 rings (SSSR count). The summed E-state index contributed by atoms with van der Waals surface area (Å²) in [5.74, 6) is 2.62. The van der Waals surface area contributed by atoms with Crippen molar-refractivity contribution in [2.45, 2.75) is 0 Å². The minimum atomic E-state index is 0. The Kier molecular flexibility index (Phi) is 5.48. The first-order valence-electron chi connectivity index (χ1n) is 8.97. The minimum Gasteiger partial charge on any atom is -0.454 e. The molecular formula is C21H17Cl2N5O2. The fraction of sp³-hybridized carbons (Fsp3) is 0.0952. The maximum absolute atomic E-state index is 6.10. The molecule has 0 fully saturated rings. The number of nitrogens with one attached hydrogen (secondary N) is 1. The van der Waals surface area contributed by atoms with E-state index in [-0.39, 0.29) is 19.2 Å². The van der Waals surface area contributed by atoms with Crippen LogP contribution in [-0.2, 0) is 0 Å². The summed E-state index contributed by atoms with van der Waals surface area (Å²) in [6, 6.07) is 13.4. The second kappa shape index (κ2) is 8.22. The van der Waals surface area contributed by atoms with Crippen LogP contribution in [0.4, 0.5) is 5.82 Å². The van der Waals surface area contributed by atoms with E-state index in [1.807, 2.05) is 49.5 Å². The van der Waals surface area contributed by atoms with Crippen LogP contribution in [-0.4, -0.2) is 33.4 Å². The molecule has 1 aliphatic rings. The average Bonchev–Trinajstić information content (AvgIpc) is 3.45. The predicted octanol–water partition coefficient (Wildman–Crippen LogP) is 4.84. The molecule has 0 atom stereocenters. The number of fused-ring (bicyclic) bond motifs is 1. The van der Waals surface area contributed by atoms with Gasteiger partial charge in [0.25, 0.3) is 0 Å². The Hall–Kier alpha value is -3.29. The van der Waals surface area contributed by atoms with Gasteiger partial charge in [-0.1, -0.05) is 23.7 Å². The van der Waals surface area contributed by atoms with Crippen LogP contribution >= 0.6 is 24.0 Å². The van der Waals surface area contributed by atoms with E-state index >= 15 is 0 Å². The maximum Gasteiger partial charge on any atom is 0.237 e. The van der Waals surface area contributed by atoms with Crippen LogP contribution in [0.2, 0.25) is 5.02 Å². The molecule has 2 aromatic carbocycles. The Balaban J connectivity index is 0.00000218. The molecule has 0 radical (unpaired) electrons. The number of hydrogen-bond donors (Lipinski definition) is 1. The molecule has 0 saturated carbocycles. The molecule has 9 heteroatoms. The molecule has 0 unspecified atom stereocenters. The summed E-state index contributed by atoms with van der Waals surface area (Å²) in [7, 11) is 1.84. The average molecular weight is 442 g/mol. The van der Waals surface area contributed by atoms with E-state index in [2.05, 4.69) is 10.3 Å². The smallest absolute Gasteiger partial charge is 0.237 e. The van der Waals surface area contributed by atoms with Gasteiger partial charge in [-0.25, -0.2) is 9.97 Å². The number of benzene rings is 2. The molecule has 0 spiro atoms. The lowest BCUT2D eigenvalue weighted by Gasteiger charge is -2.16. The largest absolute Gasteiger partial charge is 0.454 e. The van der Waals surface area contributed by atoms with Gasteiger partial charge in [-0.15, -0.1) is 12.4 Å². The lowest BCUT2D eigenvalue weighted by atomic mass is 9.99. The van der Waals surface area contributed by atoms with Crippen LogP contribution in [0.1, 0.15) is 0 Å². The zero-order valence-corrected chi connectivity index (χ0v) is 17.4. The van der Waals surface area contributed by atoms with Crippen molar-refractivity contribution in [3.05, 3.63) is 66.2 Å². The second-order valence-corrected chi connectivity index (χ2v) is 6.83. The lowest BCUT2D eigenvalue weighted by Crippen LogP contribution is -2.07. The zero-order chi connectivity index (χ0) is 19.8. The van der Waals surface area contributed by atoms with Gasteiger partial charge in [0.2, 0.25) is 12.7 Å². The molecule has 0 bridgehead atoms. The molecule has 2 aromatic heterocycles. The third-order valence-corrected chi connectivity index (χ3v) is 4.90. The Bertz CT molecular complexity index is 1180. The Morgan fingerprint density at radius 1 is 1.00 bits per heavy atom. The van der Waals surface area contributed by atoms with Crippen molar-refractivity contribution in [2.24, 2.45) is 0 Å². The highest BCUT2D eigenvalue weighted by Crippen LogP contribution is 2.41. The number of nitrogens with zero attached hydrogens (tertiary/aromatic N) is 4. The van der Waals surface area contributed by atoms with Crippen molar-refractivity contribution >= 4 is 29.8 Å². The Labute approximate surface area is 184 Å². The van der Waals surface area contributed by atoms with E-state index in [0.29, 0.717) is 22.5 Å². The predicted molar refractivity (Wildman–Crippen MR) is 118 cm³/mol. The van der Waals surface area contributed by atoms with Crippen molar-refractivity contribution in [1.29, 1.82) is 0 Å². The van der Waals surface area contributed by atoms with E-state index in [4.69, 9.17) is 31.0 Å². The fourth-order valence-electron chi connectivity index (χ4n) is 3.27. The summed E-state index contributed by atoms with van der Waals surface area (Å²) in [6.45, 7) is 0.217. The van der Waals surface area contributed by atoms with E-state index in [0.717, 1.165) is 28.1 Å². The third-order valence-electron chi connectivity index (χ3n) is 4.65. The standard InChI is InChI=1S/C21H16ClN5O2.ClH/c1-23-20-18(13-2-5-15(22)6-3-13)19(25-21(26-20)27-9-8-24-11-27)14-4-7-16-17(10-14)29-12-28-16;/h2-11H,12H2,1H3,(H,23,25,26);1H. The molecule has 0 saturated heterocycles. The molecular weight excluding hydrogens is 425 g/mol. The topological polar surface area (TPSA) is 74.1 Å². The summed E-state index contributed by atoms with van der Waals surface area (Å²) >= 11 is 6.10. The van der Waals surface area contributed by atoms with Gasteiger partial charge in [0, 0.05) is 30.0 Å². The van der Waals surface area contributed by atoms with Crippen LogP contribution < -0.4 is 14.8 Å². The number of hydrogen-bond acceptors (Lipinski definition) is 6. The quantitative estimate of drug-likeness (QED) is 0.488. The zero-order valence-electron chi connectivity index (χ0n) is 15.9. The molecule has 152 valence electrons. The van der Waals surface area contributed by atoms with Crippen LogP contribution in [0.5, 0.6) is 11.5 Å². The van der Waals surface area contributed by atoms with Gasteiger partial charge in [-0.2, -0.15) is 4.98 Å². The summed E-state index contributed by atoms with van der Waals surface area (Å²) in [5, 5.41) is 3.87. The van der Waals surface area contributed by atoms with E-state index < -0.39 is 0 Å². The number of ether oxygens (including phenoxy) is 2. The third kappa shape index (κ3) is 3.53. The van der Waals surface area contributed by atoms with Crippen LogP contribution in [0, 0.1) is 0 Å². The summed E-state index contributed by atoms with van der Waals surface area (Å²) in [5.41, 5.74) is 3.46. The highest BCUT2D eigenvalue weighted by molar-refractivity contribution is 6.30. The van der Waals surface area contributed by atoms with Crippen LogP contribution in [0.15, 0.2) is 61.2 Å². The van der Waals surface area contributed by atoms with Crippen molar-refractivity contribution in [3.8, 4) is 39.8 Å². The number of anilines is 1. The molecule has 0 amide bonds.